The van der Waals surface area contributed by atoms with Crippen molar-refractivity contribution in [1.82, 2.24) is 5.32 Å². The Bertz CT molecular complexity index is 865. The third-order valence-electron chi connectivity index (χ3n) is 4.35. The maximum atomic E-state index is 12.5. The van der Waals surface area contributed by atoms with E-state index in [1.165, 1.54) is 5.39 Å². The second kappa shape index (κ2) is 7.39. The zero-order valence-electron chi connectivity index (χ0n) is 14.8. The number of carbonyl (C=O) groups is 1. The minimum Gasteiger partial charge on any atom is -0.481 e. The van der Waals surface area contributed by atoms with Crippen molar-refractivity contribution in [3.8, 4) is 5.75 Å². The Morgan fingerprint density at radius 3 is 2.36 bits per heavy atom. The van der Waals surface area contributed by atoms with E-state index in [4.69, 9.17) is 4.74 Å². The molecule has 0 saturated carbocycles. The average molecular weight is 333 g/mol. The molecule has 0 fully saturated rings. The second-order valence-electron chi connectivity index (χ2n) is 6.37. The molecule has 0 saturated heterocycles. The number of fused-ring (bicyclic) bond motifs is 1. The molecule has 3 aromatic rings. The average Bonchev–Trinajstić information content (AvgIpc) is 2.63. The zero-order chi connectivity index (χ0) is 17.8. The van der Waals surface area contributed by atoms with Crippen LogP contribution in [0.1, 0.15) is 31.0 Å². The monoisotopic (exact) mass is 333 g/mol. The SMILES string of the molecule is Cc1ccc(O[C@@H](C)C(=O)N[C@@H](C)c2cccc3ccccc23)cc1. The molecule has 0 radical (unpaired) electrons. The molecule has 0 bridgehead atoms. The second-order valence-corrected chi connectivity index (χ2v) is 6.37. The minimum absolute atomic E-state index is 0.0948. The number of hydrogen-bond acceptors (Lipinski definition) is 2. The number of nitrogens with one attached hydrogen (secondary N) is 1. The van der Waals surface area contributed by atoms with Crippen LogP contribution in [0.2, 0.25) is 0 Å². The molecule has 1 N–H and O–H groups in total. The highest BCUT2D eigenvalue weighted by Gasteiger charge is 2.18. The Labute approximate surface area is 148 Å². The Morgan fingerprint density at radius 1 is 0.920 bits per heavy atom. The fourth-order valence-corrected chi connectivity index (χ4v) is 2.91. The van der Waals surface area contributed by atoms with Crippen molar-refractivity contribution in [3.05, 3.63) is 77.9 Å². The van der Waals surface area contributed by atoms with Gasteiger partial charge in [0, 0.05) is 0 Å². The van der Waals surface area contributed by atoms with Crippen LogP contribution >= 0.6 is 0 Å². The van der Waals surface area contributed by atoms with Gasteiger partial charge in [0.05, 0.1) is 6.04 Å². The normalized spacial score (nSPS) is 13.2. The van der Waals surface area contributed by atoms with E-state index in [0.717, 1.165) is 16.5 Å². The molecule has 0 aliphatic heterocycles. The number of benzene rings is 3. The lowest BCUT2D eigenvalue weighted by molar-refractivity contribution is -0.127. The molecule has 0 spiro atoms. The van der Waals surface area contributed by atoms with E-state index in [2.05, 4.69) is 29.6 Å². The van der Waals surface area contributed by atoms with Crippen LogP contribution < -0.4 is 10.1 Å². The van der Waals surface area contributed by atoms with Gasteiger partial charge in [0.1, 0.15) is 5.75 Å². The summed E-state index contributed by atoms with van der Waals surface area (Å²) in [6.07, 6.45) is -0.555. The Hall–Kier alpha value is -2.81. The summed E-state index contributed by atoms with van der Waals surface area (Å²) in [5, 5.41) is 5.38. The van der Waals surface area contributed by atoms with E-state index < -0.39 is 6.10 Å². The van der Waals surface area contributed by atoms with Crippen molar-refractivity contribution in [1.29, 1.82) is 0 Å². The molecule has 0 aliphatic carbocycles. The van der Waals surface area contributed by atoms with Gasteiger partial charge in [-0.25, -0.2) is 0 Å². The third kappa shape index (κ3) is 4.00. The van der Waals surface area contributed by atoms with Crippen LogP contribution in [0.4, 0.5) is 0 Å². The summed E-state index contributed by atoms with van der Waals surface area (Å²) in [4.78, 5) is 12.5. The highest BCUT2D eigenvalue weighted by Crippen LogP contribution is 2.24. The number of carbonyl (C=O) groups excluding carboxylic acids is 1. The van der Waals surface area contributed by atoms with E-state index in [9.17, 15) is 4.79 Å². The van der Waals surface area contributed by atoms with E-state index in [1.807, 2.05) is 56.3 Å². The van der Waals surface area contributed by atoms with Crippen molar-refractivity contribution in [2.24, 2.45) is 0 Å². The van der Waals surface area contributed by atoms with E-state index in [0.29, 0.717) is 5.75 Å². The lowest BCUT2D eigenvalue weighted by atomic mass is 9.99. The van der Waals surface area contributed by atoms with Gasteiger partial charge in [0.25, 0.3) is 5.91 Å². The molecule has 1 amide bonds. The van der Waals surface area contributed by atoms with Crippen LogP contribution in [0.5, 0.6) is 5.75 Å². The van der Waals surface area contributed by atoms with Crippen molar-refractivity contribution in [2.45, 2.75) is 32.9 Å². The van der Waals surface area contributed by atoms with Gasteiger partial charge in [-0.1, -0.05) is 60.2 Å². The van der Waals surface area contributed by atoms with Gasteiger partial charge in [0.15, 0.2) is 6.10 Å². The molecule has 0 unspecified atom stereocenters. The molecule has 3 nitrogen and oxygen atoms in total. The Kier molecular flexibility index (Phi) is 5.03. The van der Waals surface area contributed by atoms with Gasteiger partial charge in [-0.05, 0) is 49.2 Å². The summed E-state index contributed by atoms with van der Waals surface area (Å²) in [5.41, 5.74) is 2.27. The first-order chi connectivity index (χ1) is 12.0. The molecule has 0 aliphatic rings. The molecular weight excluding hydrogens is 310 g/mol. The van der Waals surface area contributed by atoms with Gasteiger partial charge in [-0.15, -0.1) is 0 Å². The topological polar surface area (TPSA) is 38.3 Å². The van der Waals surface area contributed by atoms with Gasteiger partial charge in [0.2, 0.25) is 0 Å². The van der Waals surface area contributed by atoms with Gasteiger partial charge in [-0.2, -0.15) is 0 Å². The summed E-state index contributed by atoms with van der Waals surface area (Å²) in [7, 11) is 0. The maximum Gasteiger partial charge on any atom is 0.261 e. The van der Waals surface area contributed by atoms with Crippen molar-refractivity contribution < 1.29 is 9.53 Å². The quantitative estimate of drug-likeness (QED) is 0.729. The van der Waals surface area contributed by atoms with Crippen LogP contribution in [0, 0.1) is 6.92 Å². The molecule has 2 atom stereocenters. The van der Waals surface area contributed by atoms with Crippen molar-refractivity contribution in [3.63, 3.8) is 0 Å². The molecule has 3 rings (SSSR count). The molecular formula is C22H23NO2. The van der Waals surface area contributed by atoms with Crippen LogP contribution in [-0.2, 0) is 4.79 Å². The highest BCUT2D eigenvalue weighted by molar-refractivity contribution is 5.87. The molecule has 25 heavy (non-hydrogen) atoms. The molecule has 0 heterocycles. The summed E-state index contributed by atoms with van der Waals surface area (Å²) in [6, 6.07) is 22.0. The highest BCUT2D eigenvalue weighted by atomic mass is 16.5. The number of aryl methyl sites for hydroxylation is 1. The fraction of sp³-hybridized carbons (Fsp3) is 0.227. The molecule has 3 heteroatoms. The summed E-state index contributed by atoms with van der Waals surface area (Å²) in [5.74, 6) is 0.576. The standard InChI is InChI=1S/C22H23NO2/c1-15-11-13-19(14-12-15)25-17(3)22(24)23-16(2)20-10-6-8-18-7-4-5-9-21(18)20/h4-14,16-17H,1-3H3,(H,23,24)/t16-,17-/m0/s1. The first-order valence-electron chi connectivity index (χ1n) is 8.56. The lowest BCUT2D eigenvalue weighted by Gasteiger charge is -2.20. The first-order valence-corrected chi connectivity index (χ1v) is 8.56. The number of hydrogen-bond donors (Lipinski definition) is 1. The Morgan fingerprint density at radius 2 is 1.60 bits per heavy atom. The maximum absolute atomic E-state index is 12.5. The van der Waals surface area contributed by atoms with E-state index in [-0.39, 0.29) is 11.9 Å². The largest absolute Gasteiger partial charge is 0.481 e. The summed E-state index contributed by atoms with van der Waals surface area (Å²) in [6.45, 7) is 5.79. The van der Waals surface area contributed by atoms with Crippen molar-refractivity contribution in [2.75, 3.05) is 0 Å². The lowest BCUT2D eigenvalue weighted by Crippen LogP contribution is -2.37. The molecule has 3 aromatic carbocycles. The number of rotatable bonds is 5. The Balaban J connectivity index is 1.70. The summed E-state index contributed by atoms with van der Waals surface area (Å²) < 4.78 is 5.74. The zero-order valence-corrected chi connectivity index (χ0v) is 14.8. The molecule has 128 valence electrons. The van der Waals surface area contributed by atoms with E-state index in [1.54, 1.807) is 6.92 Å². The van der Waals surface area contributed by atoms with Crippen LogP contribution in [0.25, 0.3) is 10.8 Å². The summed E-state index contributed by atoms with van der Waals surface area (Å²) >= 11 is 0. The van der Waals surface area contributed by atoms with Crippen LogP contribution in [0.15, 0.2) is 66.7 Å². The smallest absolute Gasteiger partial charge is 0.261 e. The molecule has 0 aromatic heterocycles. The van der Waals surface area contributed by atoms with Crippen LogP contribution in [0.3, 0.4) is 0 Å². The minimum atomic E-state index is -0.555. The fourth-order valence-electron chi connectivity index (χ4n) is 2.91. The van der Waals surface area contributed by atoms with Gasteiger partial charge >= 0.3 is 0 Å². The van der Waals surface area contributed by atoms with E-state index >= 15 is 0 Å². The van der Waals surface area contributed by atoms with Crippen molar-refractivity contribution >= 4 is 16.7 Å². The van der Waals surface area contributed by atoms with Gasteiger partial charge < -0.3 is 10.1 Å². The first kappa shape index (κ1) is 17.0. The predicted molar refractivity (Wildman–Crippen MR) is 102 cm³/mol. The third-order valence-corrected chi connectivity index (χ3v) is 4.35. The van der Waals surface area contributed by atoms with Crippen LogP contribution in [-0.4, -0.2) is 12.0 Å². The number of amides is 1. The number of ether oxygens (including phenoxy) is 1. The predicted octanol–water partition coefficient (Wildman–Crippen LogP) is 4.79. The van der Waals surface area contributed by atoms with Gasteiger partial charge in [-0.3, -0.25) is 4.79 Å².